The Morgan fingerprint density at radius 2 is 2.00 bits per heavy atom. The number of nitrogens with one attached hydrogen (secondary N) is 1. The summed E-state index contributed by atoms with van der Waals surface area (Å²) in [7, 11) is 1.55. The molecule has 0 aliphatic heterocycles. The third-order valence-corrected chi connectivity index (χ3v) is 3.30. The maximum absolute atomic E-state index is 12.4. The largest absolute Gasteiger partial charge is 0.478 e. The molecule has 2 rings (SSSR count). The highest BCUT2D eigenvalue weighted by molar-refractivity contribution is 6.03. The number of carbonyl (C=O) groups is 2. The first-order chi connectivity index (χ1) is 10.0. The van der Waals surface area contributed by atoms with Gasteiger partial charge in [0.05, 0.1) is 12.2 Å². The summed E-state index contributed by atoms with van der Waals surface area (Å²) < 4.78 is 1.27. The predicted molar refractivity (Wildman–Crippen MR) is 77.1 cm³/mol. The average Bonchev–Trinajstić information content (AvgIpc) is 2.87. The van der Waals surface area contributed by atoms with Gasteiger partial charge in [-0.25, -0.2) is 4.79 Å². The molecule has 0 aliphatic carbocycles. The smallest absolute Gasteiger partial charge is 0.339 e. The van der Waals surface area contributed by atoms with Gasteiger partial charge in [0, 0.05) is 7.05 Å². The van der Waals surface area contributed by atoms with Crippen LogP contribution in [0.3, 0.4) is 0 Å². The number of amides is 1. The molecular weight excluding hydrogens is 270 g/mol. The average molecular weight is 287 g/mol. The zero-order valence-electron chi connectivity index (χ0n) is 11.9. The van der Waals surface area contributed by atoms with Crippen molar-refractivity contribution < 1.29 is 14.7 Å². The van der Waals surface area contributed by atoms with Crippen molar-refractivity contribution in [2.45, 2.75) is 19.4 Å². The van der Waals surface area contributed by atoms with Crippen molar-refractivity contribution >= 4 is 11.9 Å². The van der Waals surface area contributed by atoms with Crippen molar-refractivity contribution in [2.24, 2.45) is 7.05 Å². The van der Waals surface area contributed by atoms with E-state index in [0.29, 0.717) is 6.42 Å². The zero-order chi connectivity index (χ0) is 15.4. The standard InChI is InChI=1S/C15H17N3O3/c1-3-12(10-7-5-4-6-8-10)17-14(19)13-11(15(20)21)9-16-18(13)2/h4-9,12H,3H2,1-2H3,(H,17,19)(H,20,21)/t12-/m0/s1. The van der Waals surface area contributed by atoms with E-state index in [2.05, 4.69) is 10.4 Å². The minimum absolute atomic E-state index is 0.0527. The fourth-order valence-corrected chi connectivity index (χ4v) is 2.20. The maximum Gasteiger partial charge on any atom is 0.339 e. The Kier molecular flexibility index (Phi) is 4.37. The molecule has 6 heteroatoms. The monoisotopic (exact) mass is 287 g/mol. The van der Waals surface area contributed by atoms with E-state index in [1.54, 1.807) is 7.05 Å². The second kappa shape index (κ2) is 6.21. The lowest BCUT2D eigenvalue weighted by molar-refractivity contribution is 0.0690. The second-order valence-electron chi connectivity index (χ2n) is 4.68. The molecule has 1 heterocycles. The summed E-state index contributed by atoms with van der Waals surface area (Å²) in [5.41, 5.74) is 0.933. The van der Waals surface area contributed by atoms with Crippen LogP contribution in [0.4, 0.5) is 0 Å². The van der Waals surface area contributed by atoms with Gasteiger partial charge in [0.25, 0.3) is 5.91 Å². The normalized spacial score (nSPS) is 11.9. The minimum Gasteiger partial charge on any atom is -0.478 e. The number of aryl methyl sites for hydroxylation is 1. The van der Waals surface area contributed by atoms with Crippen molar-refractivity contribution in [2.75, 3.05) is 0 Å². The van der Waals surface area contributed by atoms with Gasteiger partial charge in [0.2, 0.25) is 0 Å². The number of aromatic carboxylic acids is 1. The molecule has 21 heavy (non-hydrogen) atoms. The third-order valence-electron chi connectivity index (χ3n) is 3.30. The molecule has 0 unspecified atom stereocenters. The Morgan fingerprint density at radius 3 is 2.57 bits per heavy atom. The van der Waals surface area contributed by atoms with Crippen molar-refractivity contribution in [3.05, 3.63) is 53.3 Å². The molecule has 0 spiro atoms. The quantitative estimate of drug-likeness (QED) is 0.881. The van der Waals surface area contributed by atoms with Gasteiger partial charge in [-0.3, -0.25) is 9.48 Å². The fourth-order valence-electron chi connectivity index (χ4n) is 2.20. The molecule has 2 aromatic rings. The van der Waals surface area contributed by atoms with Crippen molar-refractivity contribution in [1.29, 1.82) is 0 Å². The molecule has 110 valence electrons. The summed E-state index contributed by atoms with van der Waals surface area (Å²) in [5, 5.41) is 15.8. The fraction of sp³-hybridized carbons (Fsp3) is 0.267. The van der Waals surface area contributed by atoms with Crippen molar-refractivity contribution in [3.8, 4) is 0 Å². The van der Waals surface area contributed by atoms with E-state index in [9.17, 15) is 9.59 Å². The van der Waals surface area contributed by atoms with E-state index < -0.39 is 11.9 Å². The summed E-state index contributed by atoms with van der Waals surface area (Å²) in [6, 6.07) is 9.39. The molecule has 0 radical (unpaired) electrons. The molecule has 0 bridgehead atoms. The second-order valence-corrected chi connectivity index (χ2v) is 4.68. The topological polar surface area (TPSA) is 84.2 Å². The molecule has 0 aliphatic rings. The first-order valence-electron chi connectivity index (χ1n) is 6.65. The first kappa shape index (κ1) is 14.8. The number of carboxylic acids is 1. The lowest BCUT2D eigenvalue weighted by atomic mass is 10.0. The number of benzene rings is 1. The molecule has 2 N–H and O–H groups in total. The van der Waals surface area contributed by atoms with Crippen molar-refractivity contribution in [1.82, 2.24) is 15.1 Å². The maximum atomic E-state index is 12.4. The van der Waals surface area contributed by atoms with Crippen LogP contribution in [0, 0.1) is 0 Å². The van der Waals surface area contributed by atoms with Gasteiger partial charge in [-0.05, 0) is 12.0 Å². The molecule has 0 fully saturated rings. The number of aromatic nitrogens is 2. The van der Waals surface area contributed by atoms with Gasteiger partial charge < -0.3 is 10.4 Å². The van der Waals surface area contributed by atoms with Crippen LogP contribution in [-0.2, 0) is 7.05 Å². The Morgan fingerprint density at radius 1 is 1.33 bits per heavy atom. The van der Waals surface area contributed by atoms with E-state index in [4.69, 9.17) is 5.11 Å². The molecule has 1 amide bonds. The third kappa shape index (κ3) is 3.10. The number of carboxylic acid groups (broad SMARTS) is 1. The predicted octanol–water partition coefficient (Wildman–Crippen LogP) is 2.00. The van der Waals surface area contributed by atoms with Crippen LogP contribution >= 0.6 is 0 Å². The van der Waals surface area contributed by atoms with Crippen LogP contribution in [-0.4, -0.2) is 26.8 Å². The van der Waals surface area contributed by atoms with Gasteiger partial charge in [0.1, 0.15) is 11.3 Å². The minimum atomic E-state index is -1.17. The molecule has 1 aromatic heterocycles. The highest BCUT2D eigenvalue weighted by atomic mass is 16.4. The van der Waals surface area contributed by atoms with E-state index in [1.807, 2.05) is 37.3 Å². The lowest BCUT2D eigenvalue weighted by Gasteiger charge is -2.17. The lowest BCUT2D eigenvalue weighted by Crippen LogP contribution is -2.31. The highest BCUT2D eigenvalue weighted by Gasteiger charge is 2.23. The van der Waals surface area contributed by atoms with Crippen molar-refractivity contribution in [3.63, 3.8) is 0 Å². The Balaban J connectivity index is 2.25. The Labute approximate surface area is 122 Å². The summed E-state index contributed by atoms with van der Waals surface area (Å²) in [6.45, 7) is 1.96. The van der Waals surface area contributed by atoms with E-state index in [-0.39, 0.29) is 17.3 Å². The number of carbonyl (C=O) groups excluding carboxylic acids is 1. The molecule has 1 atom stereocenters. The SMILES string of the molecule is CC[C@H](NC(=O)c1c(C(=O)O)cnn1C)c1ccccc1. The molecule has 6 nitrogen and oxygen atoms in total. The van der Waals surface area contributed by atoms with Gasteiger partial charge in [-0.2, -0.15) is 5.10 Å². The summed E-state index contributed by atoms with van der Waals surface area (Å²) >= 11 is 0. The summed E-state index contributed by atoms with van der Waals surface area (Å²) in [5.74, 6) is -1.61. The number of nitrogens with zero attached hydrogens (tertiary/aromatic N) is 2. The van der Waals surface area contributed by atoms with Gasteiger partial charge in [-0.1, -0.05) is 37.3 Å². The van der Waals surface area contributed by atoms with Crippen LogP contribution in [0.2, 0.25) is 0 Å². The van der Waals surface area contributed by atoms with Crippen LogP contribution in [0.1, 0.15) is 45.8 Å². The first-order valence-corrected chi connectivity index (χ1v) is 6.65. The molecular formula is C15H17N3O3. The zero-order valence-corrected chi connectivity index (χ0v) is 11.9. The molecule has 0 saturated carbocycles. The highest BCUT2D eigenvalue weighted by Crippen LogP contribution is 2.17. The van der Waals surface area contributed by atoms with E-state index in [0.717, 1.165) is 5.56 Å². The van der Waals surface area contributed by atoms with E-state index >= 15 is 0 Å². The van der Waals surface area contributed by atoms with Crippen LogP contribution in [0.5, 0.6) is 0 Å². The van der Waals surface area contributed by atoms with E-state index in [1.165, 1.54) is 10.9 Å². The number of hydrogen-bond donors (Lipinski definition) is 2. The Bertz CT molecular complexity index is 649. The van der Waals surface area contributed by atoms with Gasteiger partial charge in [0.15, 0.2) is 0 Å². The molecule has 1 aromatic carbocycles. The van der Waals surface area contributed by atoms with Crippen LogP contribution < -0.4 is 5.32 Å². The number of hydrogen-bond acceptors (Lipinski definition) is 3. The summed E-state index contributed by atoms with van der Waals surface area (Å²) in [6.07, 6.45) is 1.89. The number of rotatable bonds is 5. The van der Waals surface area contributed by atoms with Gasteiger partial charge >= 0.3 is 5.97 Å². The van der Waals surface area contributed by atoms with Gasteiger partial charge in [-0.15, -0.1) is 0 Å². The summed E-state index contributed by atoms with van der Waals surface area (Å²) in [4.78, 5) is 23.5. The van der Waals surface area contributed by atoms with Crippen LogP contribution in [0.15, 0.2) is 36.5 Å². The molecule has 0 saturated heterocycles. The van der Waals surface area contributed by atoms with Crippen LogP contribution in [0.25, 0.3) is 0 Å². The Hall–Kier alpha value is -2.63.